The predicted octanol–water partition coefficient (Wildman–Crippen LogP) is 2.07. The van der Waals surface area contributed by atoms with Crippen molar-refractivity contribution in [3.8, 4) is 0 Å². The number of rotatable bonds is 4. The Kier molecular flexibility index (Phi) is 4.84. The zero-order valence-electron chi connectivity index (χ0n) is 12.4. The Morgan fingerprint density at radius 2 is 1.91 bits per heavy atom. The molecule has 1 aromatic rings. The first-order valence-electron chi connectivity index (χ1n) is 6.92. The predicted molar refractivity (Wildman–Crippen MR) is 77.7 cm³/mol. The Balaban J connectivity index is 2.16. The van der Waals surface area contributed by atoms with Gasteiger partial charge in [-0.15, -0.1) is 0 Å². The minimum absolute atomic E-state index is 0.123. The number of alkyl halides is 3. The van der Waals surface area contributed by atoms with Crippen molar-refractivity contribution < 1.29 is 21.6 Å². The van der Waals surface area contributed by atoms with E-state index in [1.165, 1.54) is 18.2 Å². The third-order valence-electron chi connectivity index (χ3n) is 3.79. The topological polar surface area (TPSA) is 49.4 Å². The summed E-state index contributed by atoms with van der Waals surface area (Å²) < 4.78 is 65.7. The van der Waals surface area contributed by atoms with Gasteiger partial charge in [0.25, 0.3) is 0 Å². The van der Waals surface area contributed by atoms with Crippen molar-refractivity contribution in [1.29, 1.82) is 0 Å². The van der Waals surface area contributed by atoms with E-state index >= 15 is 0 Å². The molecule has 0 radical (unpaired) electrons. The van der Waals surface area contributed by atoms with E-state index in [0.717, 1.165) is 12.6 Å². The largest absolute Gasteiger partial charge is 0.416 e. The molecule has 22 heavy (non-hydrogen) atoms. The van der Waals surface area contributed by atoms with Gasteiger partial charge in [0, 0.05) is 19.1 Å². The molecule has 1 aromatic carbocycles. The van der Waals surface area contributed by atoms with Crippen LogP contribution in [0.15, 0.2) is 24.3 Å². The number of likely N-dealkylation sites (N-methyl/N-ethyl adjacent to an activating group) is 1. The summed E-state index contributed by atoms with van der Waals surface area (Å²) in [7, 11) is -1.96. The number of likely N-dealkylation sites (tertiary alicyclic amines) is 1. The summed E-state index contributed by atoms with van der Waals surface area (Å²) in [5.41, 5.74) is -1.14. The molecule has 0 amide bonds. The van der Waals surface area contributed by atoms with Crippen LogP contribution in [0.1, 0.15) is 18.1 Å². The molecule has 8 heteroatoms. The van der Waals surface area contributed by atoms with Crippen LogP contribution >= 0.6 is 0 Å². The highest BCUT2D eigenvalue weighted by atomic mass is 32.2. The summed E-state index contributed by atoms with van der Waals surface area (Å²) in [6, 6.07) is 4.49. The van der Waals surface area contributed by atoms with E-state index in [2.05, 4.69) is 4.72 Å². The third kappa shape index (κ3) is 4.21. The maximum absolute atomic E-state index is 12.9. The fourth-order valence-electron chi connectivity index (χ4n) is 2.76. The molecule has 1 aliphatic heterocycles. The molecule has 0 spiro atoms. The first kappa shape index (κ1) is 17.2. The zero-order valence-corrected chi connectivity index (χ0v) is 13.2. The number of hydrogen-bond acceptors (Lipinski definition) is 3. The maximum atomic E-state index is 12.9. The van der Waals surface area contributed by atoms with Gasteiger partial charge in [0.15, 0.2) is 0 Å². The molecule has 0 aromatic heterocycles. The summed E-state index contributed by atoms with van der Waals surface area (Å²) >= 11 is 0. The summed E-state index contributed by atoms with van der Waals surface area (Å²) in [6.45, 7) is 3.23. The number of benzene rings is 1. The van der Waals surface area contributed by atoms with Crippen molar-refractivity contribution in [3.05, 3.63) is 35.4 Å². The lowest BCUT2D eigenvalue weighted by molar-refractivity contribution is -0.138. The highest BCUT2D eigenvalue weighted by molar-refractivity contribution is 7.88. The summed E-state index contributed by atoms with van der Waals surface area (Å²) in [5, 5.41) is 0. The molecule has 0 saturated carbocycles. The van der Waals surface area contributed by atoms with Gasteiger partial charge < -0.3 is 4.90 Å². The molecule has 1 fully saturated rings. The molecule has 0 aliphatic carbocycles. The Morgan fingerprint density at radius 3 is 2.45 bits per heavy atom. The van der Waals surface area contributed by atoms with Crippen LogP contribution in [0.5, 0.6) is 0 Å². The van der Waals surface area contributed by atoms with Crippen LogP contribution in [0.4, 0.5) is 13.2 Å². The number of nitrogens with one attached hydrogen (secondary N) is 1. The molecule has 2 rings (SSSR count). The Bertz CT molecular complexity index is 631. The van der Waals surface area contributed by atoms with Crippen molar-refractivity contribution in [1.82, 2.24) is 9.62 Å². The van der Waals surface area contributed by atoms with Gasteiger partial charge in [0.05, 0.1) is 11.3 Å². The lowest BCUT2D eigenvalue weighted by atomic mass is 10.1. The first-order chi connectivity index (χ1) is 10.1. The summed E-state index contributed by atoms with van der Waals surface area (Å²) in [4.78, 5) is 1.99. The van der Waals surface area contributed by atoms with Gasteiger partial charge in [-0.2, -0.15) is 13.2 Å². The van der Waals surface area contributed by atoms with Crippen molar-refractivity contribution in [2.45, 2.75) is 24.9 Å². The van der Waals surface area contributed by atoms with E-state index in [-0.39, 0.29) is 17.5 Å². The number of sulfonamides is 1. The lowest BCUT2D eigenvalue weighted by Crippen LogP contribution is -2.40. The van der Waals surface area contributed by atoms with E-state index in [4.69, 9.17) is 0 Å². The monoisotopic (exact) mass is 336 g/mol. The van der Waals surface area contributed by atoms with Gasteiger partial charge in [0.1, 0.15) is 0 Å². The SMILES string of the molecule is C[C@H]1CN(C)C[C@@H]1NS(=O)(=O)Cc1ccccc1C(F)(F)F. The van der Waals surface area contributed by atoms with Gasteiger partial charge in [-0.1, -0.05) is 25.1 Å². The first-order valence-corrected chi connectivity index (χ1v) is 8.57. The van der Waals surface area contributed by atoms with Gasteiger partial charge in [-0.05, 0) is 24.6 Å². The summed E-state index contributed by atoms with van der Waals surface area (Å²) in [6.07, 6.45) is -4.56. The standard InChI is InChI=1S/C14H19F3N2O2S/c1-10-7-19(2)8-13(10)18-22(20,21)9-11-5-3-4-6-12(11)14(15,16)17/h3-6,10,13,18H,7-9H2,1-2H3/t10-,13-/m0/s1. The van der Waals surface area contributed by atoms with E-state index in [0.29, 0.717) is 6.54 Å². The molecule has 1 N–H and O–H groups in total. The average Bonchev–Trinajstić information content (AvgIpc) is 2.65. The van der Waals surface area contributed by atoms with E-state index in [9.17, 15) is 21.6 Å². The fraction of sp³-hybridized carbons (Fsp3) is 0.571. The van der Waals surface area contributed by atoms with Gasteiger partial charge in [-0.25, -0.2) is 13.1 Å². The van der Waals surface area contributed by atoms with Gasteiger partial charge in [0.2, 0.25) is 10.0 Å². The van der Waals surface area contributed by atoms with Crippen LogP contribution in [0.2, 0.25) is 0 Å². The molecular weight excluding hydrogens is 317 g/mol. The van der Waals surface area contributed by atoms with E-state index in [1.54, 1.807) is 0 Å². The highest BCUT2D eigenvalue weighted by Crippen LogP contribution is 2.32. The molecule has 0 unspecified atom stereocenters. The molecule has 2 atom stereocenters. The smallest absolute Gasteiger partial charge is 0.304 e. The number of halogens is 3. The highest BCUT2D eigenvalue weighted by Gasteiger charge is 2.35. The molecule has 0 bridgehead atoms. The minimum atomic E-state index is -4.56. The Hall–Kier alpha value is -1.12. The molecular formula is C14H19F3N2O2S. The van der Waals surface area contributed by atoms with Crippen LogP contribution in [-0.4, -0.2) is 39.5 Å². The van der Waals surface area contributed by atoms with Crippen LogP contribution in [0.3, 0.4) is 0 Å². The fourth-order valence-corrected chi connectivity index (χ4v) is 4.27. The number of nitrogens with zero attached hydrogens (tertiary/aromatic N) is 1. The van der Waals surface area contributed by atoms with Crippen LogP contribution in [-0.2, 0) is 22.0 Å². The van der Waals surface area contributed by atoms with Crippen molar-refractivity contribution >= 4 is 10.0 Å². The molecule has 1 saturated heterocycles. The van der Waals surface area contributed by atoms with E-state index < -0.39 is 27.5 Å². The second-order valence-corrected chi connectivity index (χ2v) is 7.59. The van der Waals surface area contributed by atoms with Crippen molar-refractivity contribution in [3.63, 3.8) is 0 Å². The molecule has 124 valence electrons. The summed E-state index contributed by atoms with van der Waals surface area (Å²) in [5.74, 6) is -0.548. The zero-order chi connectivity index (χ0) is 16.5. The Morgan fingerprint density at radius 1 is 1.27 bits per heavy atom. The average molecular weight is 336 g/mol. The Labute approximate surface area is 128 Å². The lowest BCUT2D eigenvalue weighted by Gasteiger charge is -2.18. The molecule has 1 heterocycles. The third-order valence-corrected chi connectivity index (χ3v) is 5.15. The molecule has 4 nitrogen and oxygen atoms in total. The van der Waals surface area contributed by atoms with Gasteiger partial charge in [-0.3, -0.25) is 0 Å². The van der Waals surface area contributed by atoms with Gasteiger partial charge >= 0.3 is 6.18 Å². The van der Waals surface area contributed by atoms with E-state index in [1.807, 2.05) is 18.9 Å². The quantitative estimate of drug-likeness (QED) is 0.916. The van der Waals surface area contributed by atoms with Crippen LogP contribution in [0.25, 0.3) is 0 Å². The normalized spacial score (nSPS) is 23.9. The van der Waals surface area contributed by atoms with Crippen LogP contribution in [0, 0.1) is 5.92 Å². The van der Waals surface area contributed by atoms with Crippen molar-refractivity contribution in [2.75, 3.05) is 20.1 Å². The minimum Gasteiger partial charge on any atom is -0.304 e. The molecule has 1 aliphatic rings. The van der Waals surface area contributed by atoms with Crippen LogP contribution < -0.4 is 4.72 Å². The second kappa shape index (κ2) is 6.17. The maximum Gasteiger partial charge on any atom is 0.416 e. The second-order valence-electron chi connectivity index (χ2n) is 5.84. The van der Waals surface area contributed by atoms with Crippen molar-refractivity contribution in [2.24, 2.45) is 5.92 Å². The number of hydrogen-bond donors (Lipinski definition) is 1.